The van der Waals surface area contributed by atoms with Crippen LogP contribution in [-0.4, -0.2) is 28.2 Å². The zero-order valence-corrected chi connectivity index (χ0v) is 11.1. The van der Waals surface area contributed by atoms with Crippen LogP contribution in [0.3, 0.4) is 0 Å². The van der Waals surface area contributed by atoms with E-state index in [1.54, 1.807) is 19.1 Å². The van der Waals surface area contributed by atoms with Gasteiger partial charge in [0.2, 0.25) is 10.0 Å². The van der Waals surface area contributed by atoms with Crippen LogP contribution in [0, 0.1) is 6.92 Å². The van der Waals surface area contributed by atoms with E-state index in [-0.39, 0.29) is 11.4 Å². The van der Waals surface area contributed by atoms with Crippen molar-refractivity contribution in [2.75, 3.05) is 21.8 Å². The van der Waals surface area contributed by atoms with E-state index in [2.05, 4.69) is 4.72 Å². The Hall–Kier alpha value is -1.28. The van der Waals surface area contributed by atoms with E-state index in [9.17, 15) is 16.8 Å². The summed E-state index contributed by atoms with van der Waals surface area (Å²) >= 11 is 0. The number of anilines is 2. The van der Waals surface area contributed by atoms with E-state index in [0.29, 0.717) is 0 Å². The average Bonchev–Trinajstić information content (AvgIpc) is 2.06. The molecule has 0 atom stereocenters. The molecule has 3 N–H and O–H groups in total. The number of rotatable bonds is 4. The standard InChI is InChI=1S/C9H14N2O4S2/c1-7-3-4-8(10)9(5-7)11-17(14,15)6-16(2,12)13/h3-5,11H,6,10H2,1-2H3. The number of nitrogens with one attached hydrogen (secondary N) is 1. The highest BCUT2D eigenvalue weighted by Crippen LogP contribution is 2.21. The summed E-state index contributed by atoms with van der Waals surface area (Å²) in [6, 6.07) is 4.81. The summed E-state index contributed by atoms with van der Waals surface area (Å²) in [5.41, 5.74) is 6.83. The van der Waals surface area contributed by atoms with Gasteiger partial charge in [-0.25, -0.2) is 16.8 Å². The lowest BCUT2D eigenvalue weighted by Gasteiger charge is -2.10. The number of nitrogens with two attached hydrogens (primary N) is 1. The molecule has 0 aromatic heterocycles. The van der Waals surface area contributed by atoms with Crippen LogP contribution < -0.4 is 10.5 Å². The Morgan fingerprint density at radius 3 is 2.35 bits per heavy atom. The first-order valence-electron chi connectivity index (χ1n) is 4.63. The number of hydrogen-bond acceptors (Lipinski definition) is 5. The first-order chi connectivity index (χ1) is 7.59. The maximum atomic E-state index is 11.5. The first kappa shape index (κ1) is 13.8. The molecule has 8 heteroatoms. The Labute approximate surface area is 101 Å². The van der Waals surface area contributed by atoms with Gasteiger partial charge in [-0.3, -0.25) is 4.72 Å². The van der Waals surface area contributed by atoms with Gasteiger partial charge in [0.1, 0.15) is 0 Å². The summed E-state index contributed by atoms with van der Waals surface area (Å²) in [7, 11) is -7.57. The van der Waals surface area contributed by atoms with Crippen molar-refractivity contribution < 1.29 is 16.8 Å². The van der Waals surface area contributed by atoms with Gasteiger partial charge in [-0.15, -0.1) is 0 Å². The molecule has 96 valence electrons. The van der Waals surface area contributed by atoms with E-state index in [0.717, 1.165) is 11.8 Å². The Balaban J connectivity index is 3.02. The highest BCUT2D eigenvalue weighted by molar-refractivity contribution is 8.08. The number of sulfone groups is 1. The fourth-order valence-corrected chi connectivity index (χ4v) is 4.24. The molecule has 0 heterocycles. The predicted octanol–water partition coefficient (Wildman–Crippen LogP) is 0.321. The molecule has 1 rings (SSSR count). The number of benzene rings is 1. The number of aryl methyl sites for hydroxylation is 1. The van der Waals surface area contributed by atoms with Crippen molar-refractivity contribution in [3.63, 3.8) is 0 Å². The lowest BCUT2D eigenvalue weighted by atomic mass is 10.2. The molecular weight excluding hydrogens is 264 g/mol. The van der Waals surface area contributed by atoms with Gasteiger partial charge in [-0.05, 0) is 24.6 Å². The third-order valence-corrected chi connectivity index (χ3v) is 5.33. The molecular formula is C9H14N2O4S2. The SMILES string of the molecule is Cc1ccc(N)c(NS(=O)(=O)CS(C)(=O)=O)c1. The van der Waals surface area contributed by atoms with Gasteiger partial charge in [-0.1, -0.05) is 6.07 Å². The molecule has 0 amide bonds. The van der Waals surface area contributed by atoms with Crippen LogP contribution in [0.2, 0.25) is 0 Å². The van der Waals surface area contributed by atoms with Gasteiger partial charge in [0, 0.05) is 6.26 Å². The number of nitrogen functional groups attached to an aromatic ring is 1. The molecule has 6 nitrogen and oxygen atoms in total. The summed E-state index contributed by atoms with van der Waals surface area (Å²) in [6.07, 6.45) is 0.853. The summed E-state index contributed by atoms with van der Waals surface area (Å²) in [4.78, 5) is 0. The smallest absolute Gasteiger partial charge is 0.247 e. The Morgan fingerprint density at radius 2 is 1.82 bits per heavy atom. The third kappa shape index (κ3) is 4.61. The molecule has 1 aromatic carbocycles. The van der Waals surface area contributed by atoms with Crippen molar-refractivity contribution >= 4 is 31.2 Å². The first-order valence-corrected chi connectivity index (χ1v) is 8.35. The Bertz CT molecular complexity index is 620. The highest BCUT2D eigenvalue weighted by atomic mass is 32.3. The van der Waals surface area contributed by atoms with Crippen LogP contribution in [0.4, 0.5) is 11.4 Å². The monoisotopic (exact) mass is 278 g/mol. The maximum Gasteiger partial charge on any atom is 0.247 e. The van der Waals surface area contributed by atoms with Crippen LogP contribution in [0.25, 0.3) is 0 Å². The quantitative estimate of drug-likeness (QED) is 0.771. The third-order valence-electron chi connectivity index (χ3n) is 1.84. The average molecular weight is 278 g/mol. The van der Waals surface area contributed by atoms with Gasteiger partial charge in [0.05, 0.1) is 11.4 Å². The second kappa shape index (κ2) is 4.53. The maximum absolute atomic E-state index is 11.5. The van der Waals surface area contributed by atoms with Crippen molar-refractivity contribution in [3.8, 4) is 0 Å². The van der Waals surface area contributed by atoms with Crippen LogP contribution in [0.5, 0.6) is 0 Å². The molecule has 0 bridgehead atoms. The second-order valence-corrected chi connectivity index (χ2v) is 8.08. The topological polar surface area (TPSA) is 106 Å². The summed E-state index contributed by atoms with van der Waals surface area (Å²) in [6.45, 7) is 1.77. The molecule has 0 saturated carbocycles. The lowest BCUT2D eigenvalue weighted by molar-refractivity contribution is 0.595. The molecule has 0 fully saturated rings. The van der Waals surface area contributed by atoms with E-state index < -0.39 is 24.9 Å². The molecule has 0 unspecified atom stereocenters. The van der Waals surface area contributed by atoms with Crippen molar-refractivity contribution in [2.24, 2.45) is 0 Å². The normalized spacial score (nSPS) is 12.4. The van der Waals surface area contributed by atoms with Gasteiger partial charge in [-0.2, -0.15) is 0 Å². The summed E-state index contributed by atoms with van der Waals surface area (Å²) in [5, 5.41) is -0.965. The Kier molecular flexibility index (Phi) is 3.68. The highest BCUT2D eigenvalue weighted by Gasteiger charge is 2.18. The zero-order valence-electron chi connectivity index (χ0n) is 9.47. The number of sulfonamides is 1. The molecule has 0 saturated heterocycles. The fourth-order valence-electron chi connectivity index (χ4n) is 1.24. The summed E-state index contributed by atoms with van der Waals surface area (Å²) in [5.74, 6) is 0. The van der Waals surface area contributed by atoms with E-state index in [1.165, 1.54) is 6.07 Å². The van der Waals surface area contributed by atoms with Crippen LogP contribution in [-0.2, 0) is 19.9 Å². The fraction of sp³-hybridized carbons (Fsp3) is 0.333. The molecule has 17 heavy (non-hydrogen) atoms. The number of hydrogen-bond donors (Lipinski definition) is 2. The van der Waals surface area contributed by atoms with Crippen LogP contribution in [0.15, 0.2) is 18.2 Å². The molecule has 0 aliphatic heterocycles. The van der Waals surface area contributed by atoms with Crippen molar-refractivity contribution in [2.45, 2.75) is 6.92 Å². The second-order valence-electron chi connectivity index (χ2n) is 3.85. The molecule has 0 spiro atoms. The van der Waals surface area contributed by atoms with Gasteiger partial charge < -0.3 is 5.73 Å². The molecule has 0 radical (unpaired) electrons. The van der Waals surface area contributed by atoms with E-state index in [1.807, 2.05) is 0 Å². The molecule has 1 aromatic rings. The van der Waals surface area contributed by atoms with Crippen molar-refractivity contribution in [1.82, 2.24) is 0 Å². The minimum absolute atomic E-state index is 0.189. The predicted molar refractivity (Wildman–Crippen MR) is 67.8 cm³/mol. The van der Waals surface area contributed by atoms with Crippen LogP contribution >= 0.6 is 0 Å². The lowest BCUT2D eigenvalue weighted by Crippen LogP contribution is -2.22. The van der Waals surface area contributed by atoms with Crippen molar-refractivity contribution in [3.05, 3.63) is 23.8 Å². The minimum atomic E-state index is -3.95. The molecule has 0 aliphatic carbocycles. The van der Waals surface area contributed by atoms with E-state index in [4.69, 9.17) is 5.73 Å². The van der Waals surface area contributed by atoms with Crippen molar-refractivity contribution in [1.29, 1.82) is 0 Å². The van der Waals surface area contributed by atoms with Gasteiger partial charge >= 0.3 is 0 Å². The summed E-state index contributed by atoms with van der Waals surface area (Å²) < 4.78 is 47.1. The minimum Gasteiger partial charge on any atom is -0.397 e. The largest absolute Gasteiger partial charge is 0.397 e. The molecule has 0 aliphatic rings. The Morgan fingerprint density at radius 1 is 1.24 bits per heavy atom. The van der Waals surface area contributed by atoms with Gasteiger partial charge in [0.15, 0.2) is 14.9 Å². The van der Waals surface area contributed by atoms with Crippen LogP contribution in [0.1, 0.15) is 5.56 Å². The van der Waals surface area contributed by atoms with Gasteiger partial charge in [0.25, 0.3) is 0 Å². The van der Waals surface area contributed by atoms with E-state index >= 15 is 0 Å². The zero-order chi connectivity index (χ0) is 13.3.